The van der Waals surface area contributed by atoms with Gasteiger partial charge in [0.1, 0.15) is 17.4 Å². The fourth-order valence-electron chi connectivity index (χ4n) is 5.94. The molecule has 4 atom stereocenters. The molecule has 7 heteroatoms. The number of rotatable bonds is 6. The number of furan rings is 1. The van der Waals surface area contributed by atoms with Gasteiger partial charge in [0.2, 0.25) is 11.8 Å². The van der Waals surface area contributed by atoms with Crippen molar-refractivity contribution >= 4 is 22.8 Å². The highest BCUT2D eigenvalue weighted by molar-refractivity contribution is 5.89. The van der Waals surface area contributed by atoms with Crippen LogP contribution in [0.1, 0.15) is 31.4 Å². The Labute approximate surface area is 182 Å². The molecule has 0 aliphatic carbocycles. The van der Waals surface area contributed by atoms with Crippen LogP contribution in [0.2, 0.25) is 0 Å². The second kappa shape index (κ2) is 8.63. The summed E-state index contributed by atoms with van der Waals surface area (Å²) in [6, 6.07) is 9.97. The van der Waals surface area contributed by atoms with Gasteiger partial charge >= 0.3 is 0 Å². The van der Waals surface area contributed by atoms with E-state index in [9.17, 15) is 9.59 Å². The Balaban J connectivity index is 1.36. The van der Waals surface area contributed by atoms with Crippen molar-refractivity contribution in [3.8, 4) is 0 Å². The number of carbonyl (C=O) groups is 2. The van der Waals surface area contributed by atoms with E-state index in [1.807, 2.05) is 23.1 Å². The highest BCUT2D eigenvalue weighted by Gasteiger charge is 2.51. The predicted octanol–water partition coefficient (Wildman–Crippen LogP) is 2.40. The number of nitrogens with one attached hydrogen (secondary N) is 1. The van der Waals surface area contributed by atoms with Gasteiger partial charge in [0.25, 0.3) is 0 Å². The summed E-state index contributed by atoms with van der Waals surface area (Å²) in [5.74, 6) is 1.62. The third-order valence-electron chi connectivity index (χ3n) is 7.15. The summed E-state index contributed by atoms with van der Waals surface area (Å²) in [6.45, 7) is 3.42. The molecule has 3 aliphatic rings. The largest absolute Gasteiger partial charge is 0.460 e. The van der Waals surface area contributed by atoms with Crippen molar-refractivity contribution in [3.05, 3.63) is 36.1 Å². The molecule has 3 fully saturated rings. The number of hydrogen-bond acceptors (Lipinski definition) is 5. The molecule has 3 saturated heterocycles. The molecule has 7 nitrogen and oxygen atoms in total. The quantitative estimate of drug-likeness (QED) is 0.720. The first-order valence-corrected chi connectivity index (χ1v) is 11.4. The lowest BCUT2D eigenvalue weighted by atomic mass is 9.71. The van der Waals surface area contributed by atoms with E-state index < -0.39 is 0 Å². The zero-order valence-electron chi connectivity index (χ0n) is 18.1. The molecule has 2 bridgehead atoms. The highest BCUT2D eigenvalue weighted by Crippen LogP contribution is 2.42. The fraction of sp³-hybridized carbons (Fsp3) is 0.583. The lowest BCUT2D eigenvalue weighted by molar-refractivity contribution is -0.160. The van der Waals surface area contributed by atoms with E-state index in [-0.39, 0.29) is 29.8 Å². The molecule has 5 rings (SSSR count). The third kappa shape index (κ3) is 3.96. The maximum absolute atomic E-state index is 13.2. The average molecular weight is 426 g/mol. The molecule has 0 saturated carbocycles. The van der Waals surface area contributed by atoms with E-state index in [2.05, 4.69) is 22.3 Å². The number of para-hydroxylation sites is 1. The van der Waals surface area contributed by atoms with Crippen LogP contribution in [0.25, 0.3) is 11.0 Å². The molecule has 1 aromatic carbocycles. The standard InChI is InChI=1S/C24H31N3O4/c1-30-10-9-25-24(29)23-18-11-17(20-6-4-8-22(28)27(20)23)13-26(14-18)15-19-12-16-5-2-3-7-21(16)31-19/h2-3,5,7,12,17-18,20,23H,4,6,8-11,13-15H2,1H3,(H,25,29)/t17-,18+,20-,23+/m0/s1. The lowest BCUT2D eigenvalue weighted by Gasteiger charge is -2.55. The second-order valence-electron chi connectivity index (χ2n) is 9.19. The van der Waals surface area contributed by atoms with E-state index in [0.29, 0.717) is 25.5 Å². The molecule has 0 spiro atoms. The minimum atomic E-state index is -0.385. The van der Waals surface area contributed by atoms with E-state index in [0.717, 1.165) is 55.6 Å². The molecule has 3 aliphatic heterocycles. The second-order valence-corrected chi connectivity index (χ2v) is 9.19. The predicted molar refractivity (Wildman–Crippen MR) is 116 cm³/mol. The number of hydrogen-bond donors (Lipinski definition) is 1. The molecule has 2 amide bonds. The summed E-state index contributed by atoms with van der Waals surface area (Å²) in [5.41, 5.74) is 0.911. The summed E-state index contributed by atoms with van der Waals surface area (Å²) in [5, 5.41) is 4.12. The summed E-state index contributed by atoms with van der Waals surface area (Å²) in [4.78, 5) is 30.4. The average Bonchev–Trinajstić information content (AvgIpc) is 3.17. The Morgan fingerprint density at radius 1 is 1.26 bits per heavy atom. The highest BCUT2D eigenvalue weighted by atomic mass is 16.5. The van der Waals surface area contributed by atoms with Gasteiger partial charge in [0.15, 0.2) is 0 Å². The molecule has 2 aromatic rings. The molecule has 31 heavy (non-hydrogen) atoms. The van der Waals surface area contributed by atoms with Crippen molar-refractivity contribution in [2.75, 3.05) is 33.4 Å². The number of fused-ring (bicyclic) bond motifs is 5. The minimum Gasteiger partial charge on any atom is -0.460 e. The zero-order chi connectivity index (χ0) is 21.4. The fourth-order valence-corrected chi connectivity index (χ4v) is 5.94. The van der Waals surface area contributed by atoms with Crippen LogP contribution in [0.4, 0.5) is 0 Å². The van der Waals surface area contributed by atoms with Gasteiger partial charge in [-0.1, -0.05) is 18.2 Å². The maximum Gasteiger partial charge on any atom is 0.243 e. The number of carbonyl (C=O) groups excluding carboxylic acids is 2. The summed E-state index contributed by atoms with van der Waals surface area (Å²) < 4.78 is 11.1. The molecule has 1 aromatic heterocycles. The topological polar surface area (TPSA) is 75.0 Å². The Kier molecular flexibility index (Phi) is 5.71. The Hall–Kier alpha value is -2.38. The molecule has 0 unspecified atom stereocenters. The normalized spacial score (nSPS) is 28.5. The zero-order valence-corrected chi connectivity index (χ0v) is 18.1. The number of benzene rings is 1. The molecule has 4 heterocycles. The van der Waals surface area contributed by atoms with Crippen LogP contribution in [0.3, 0.4) is 0 Å². The monoisotopic (exact) mass is 425 g/mol. The van der Waals surface area contributed by atoms with Crippen molar-refractivity contribution in [3.63, 3.8) is 0 Å². The van der Waals surface area contributed by atoms with Gasteiger partial charge in [0.05, 0.1) is 13.2 Å². The van der Waals surface area contributed by atoms with Crippen molar-refractivity contribution in [2.24, 2.45) is 11.8 Å². The van der Waals surface area contributed by atoms with Crippen molar-refractivity contribution in [1.82, 2.24) is 15.1 Å². The van der Waals surface area contributed by atoms with Crippen LogP contribution in [0.15, 0.2) is 34.7 Å². The third-order valence-corrected chi connectivity index (χ3v) is 7.15. The summed E-state index contributed by atoms with van der Waals surface area (Å²) >= 11 is 0. The van der Waals surface area contributed by atoms with Gasteiger partial charge < -0.3 is 19.4 Å². The first-order valence-electron chi connectivity index (χ1n) is 11.4. The van der Waals surface area contributed by atoms with Crippen LogP contribution < -0.4 is 5.32 Å². The minimum absolute atomic E-state index is 0.0358. The molecular weight excluding hydrogens is 394 g/mol. The van der Waals surface area contributed by atoms with Gasteiger partial charge in [-0.05, 0) is 37.3 Å². The summed E-state index contributed by atoms with van der Waals surface area (Å²) in [6.07, 6.45) is 3.47. The van der Waals surface area contributed by atoms with E-state index in [4.69, 9.17) is 9.15 Å². The molecule has 0 radical (unpaired) electrons. The van der Waals surface area contributed by atoms with Crippen LogP contribution in [-0.4, -0.2) is 67.0 Å². The SMILES string of the molecule is COCCNC(=O)[C@H]1[C@@H]2C[C@@H](CN(Cc3cc4ccccc4o3)C2)[C@@H]2CCCC(=O)N21. The first kappa shape index (κ1) is 20.5. The number of piperidine rings is 3. The van der Waals surface area contributed by atoms with Crippen molar-refractivity contribution in [2.45, 2.75) is 44.3 Å². The Morgan fingerprint density at radius 3 is 2.94 bits per heavy atom. The van der Waals surface area contributed by atoms with E-state index >= 15 is 0 Å². The number of ether oxygens (including phenoxy) is 1. The Bertz CT molecular complexity index is 924. The van der Waals surface area contributed by atoms with Gasteiger partial charge in [-0.3, -0.25) is 14.5 Å². The summed E-state index contributed by atoms with van der Waals surface area (Å²) in [7, 11) is 1.62. The van der Waals surface area contributed by atoms with Crippen LogP contribution in [0.5, 0.6) is 0 Å². The lowest BCUT2D eigenvalue weighted by Crippen LogP contribution is -2.68. The van der Waals surface area contributed by atoms with E-state index in [1.165, 1.54) is 0 Å². The van der Waals surface area contributed by atoms with E-state index in [1.54, 1.807) is 7.11 Å². The maximum atomic E-state index is 13.2. The van der Waals surface area contributed by atoms with Gasteiger partial charge in [0, 0.05) is 50.5 Å². The van der Waals surface area contributed by atoms with Gasteiger partial charge in [-0.15, -0.1) is 0 Å². The van der Waals surface area contributed by atoms with Crippen LogP contribution in [0, 0.1) is 11.8 Å². The van der Waals surface area contributed by atoms with Crippen LogP contribution in [-0.2, 0) is 20.9 Å². The first-order chi connectivity index (χ1) is 15.1. The Morgan fingerprint density at radius 2 is 2.10 bits per heavy atom. The number of methoxy groups -OCH3 is 1. The molecular formula is C24H31N3O4. The number of likely N-dealkylation sites (tertiary alicyclic amines) is 1. The smallest absolute Gasteiger partial charge is 0.243 e. The van der Waals surface area contributed by atoms with Gasteiger partial charge in [-0.25, -0.2) is 0 Å². The van der Waals surface area contributed by atoms with Crippen LogP contribution >= 0.6 is 0 Å². The number of amides is 2. The van der Waals surface area contributed by atoms with Crippen molar-refractivity contribution < 1.29 is 18.7 Å². The van der Waals surface area contributed by atoms with Gasteiger partial charge in [-0.2, -0.15) is 0 Å². The van der Waals surface area contributed by atoms with Crippen molar-refractivity contribution in [1.29, 1.82) is 0 Å². The molecule has 1 N–H and O–H groups in total. The number of nitrogens with zero attached hydrogens (tertiary/aromatic N) is 2. The molecule has 166 valence electrons.